The Balaban J connectivity index is 2.36. The van der Waals surface area contributed by atoms with E-state index in [9.17, 15) is 4.79 Å². The van der Waals surface area contributed by atoms with Crippen molar-refractivity contribution in [1.29, 1.82) is 0 Å². The summed E-state index contributed by atoms with van der Waals surface area (Å²) in [7, 11) is 0. The van der Waals surface area contributed by atoms with Gasteiger partial charge in [0.05, 0.1) is 5.69 Å². The van der Waals surface area contributed by atoms with Gasteiger partial charge in [-0.05, 0) is 17.5 Å². The van der Waals surface area contributed by atoms with Crippen LogP contribution in [0.25, 0.3) is 5.69 Å². The fourth-order valence-corrected chi connectivity index (χ4v) is 1.69. The minimum Gasteiger partial charge on any atom is -0.292 e. The number of H-pyrrole nitrogens is 1. The third-order valence-corrected chi connectivity index (χ3v) is 2.36. The van der Waals surface area contributed by atoms with Crippen molar-refractivity contribution in [1.82, 2.24) is 14.8 Å². The topological polar surface area (TPSA) is 50.7 Å². The summed E-state index contributed by atoms with van der Waals surface area (Å²) in [6.07, 6.45) is 0.752. The molecule has 4 heteroatoms. The Bertz CT molecular complexity index is 546. The molecule has 2 aromatic rings. The summed E-state index contributed by atoms with van der Waals surface area (Å²) in [5.41, 5.74) is 0.711. The van der Waals surface area contributed by atoms with Crippen molar-refractivity contribution in [3.8, 4) is 5.69 Å². The predicted octanol–water partition coefficient (Wildman–Crippen LogP) is 2.15. The molecule has 1 aromatic carbocycles. The van der Waals surface area contributed by atoms with Crippen LogP contribution >= 0.6 is 0 Å². The summed E-state index contributed by atoms with van der Waals surface area (Å²) < 4.78 is 1.40. The lowest BCUT2D eigenvalue weighted by atomic mass is 9.92. The van der Waals surface area contributed by atoms with Gasteiger partial charge in [0, 0.05) is 6.42 Å². The summed E-state index contributed by atoms with van der Waals surface area (Å²) in [6, 6.07) is 9.42. The number of nitrogens with zero attached hydrogens (tertiary/aromatic N) is 2. The molecule has 0 saturated carbocycles. The molecule has 1 N–H and O–H groups in total. The number of hydrogen-bond donors (Lipinski definition) is 1. The van der Waals surface area contributed by atoms with Crippen LogP contribution in [0.2, 0.25) is 0 Å². The van der Waals surface area contributed by atoms with Crippen LogP contribution in [0.5, 0.6) is 0 Å². The van der Waals surface area contributed by atoms with Crippen LogP contribution in [0.1, 0.15) is 26.6 Å². The quantitative estimate of drug-likeness (QED) is 0.861. The first-order chi connectivity index (χ1) is 7.96. The van der Waals surface area contributed by atoms with Gasteiger partial charge in [-0.1, -0.05) is 39.0 Å². The molecule has 0 saturated heterocycles. The molecule has 0 unspecified atom stereocenters. The van der Waals surface area contributed by atoms with Gasteiger partial charge >= 0.3 is 5.69 Å². The molecule has 0 atom stereocenters. The third kappa shape index (κ3) is 2.84. The molecular formula is C13H17N3O. The van der Waals surface area contributed by atoms with E-state index in [0.717, 1.165) is 17.9 Å². The highest BCUT2D eigenvalue weighted by Gasteiger charge is 2.15. The largest absolute Gasteiger partial charge is 0.348 e. The first-order valence-corrected chi connectivity index (χ1v) is 5.69. The molecule has 0 spiro atoms. The monoisotopic (exact) mass is 231 g/mol. The zero-order valence-electron chi connectivity index (χ0n) is 10.4. The number of benzene rings is 1. The van der Waals surface area contributed by atoms with Crippen molar-refractivity contribution in [2.75, 3.05) is 0 Å². The molecule has 1 heterocycles. The predicted molar refractivity (Wildman–Crippen MR) is 67.3 cm³/mol. The maximum absolute atomic E-state index is 11.8. The second-order valence-corrected chi connectivity index (χ2v) is 5.36. The maximum atomic E-state index is 11.8. The van der Waals surface area contributed by atoms with Crippen molar-refractivity contribution in [3.05, 3.63) is 46.6 Å². The minimum atomic E-state index is -0.185. The van der Waals surface area contributed by atoms with E-state index in [0.29, 0.717) is 0 Å². The molecule has 0 bridgehead atoms. The lowest BCUT2D eigenvalue weighted by Crippen LogP contribution is -2.15. The molecular weight excluding hydrogens is 214 g/mol. The molecule has 2 rings (SSSR count). The van der Waals surface area contributed by atoms with E-state index in [1.807, 2.05) is 30.3 Å². The number of aromatic amines is 1. The van der Waals surface area contributed by atoms with E-state index >= 15 is 0 Å². The molecule has 17 heavy (non-hydrogen) atoms. The van der Waals surface area contributed by atoms with Crippen LogP contribution in [0, 0.1) is 5.41 Å². The van der Waals surface area contributed by atoms with E-state index in [2.05, 4.69) is 30.9 Å². The van der Waals surface area contributed by atoms with Crippen LogP contribution in [-0.2, 0) is 6.42 Å². The molecule has 1 aromatic heterocycles. The van der Waals surface area contributed by atoms with Crippen molar-refractivity contribution < 1.29 is 0 Å². The number of nitrogens with one attached hydrogen (secondary N) is 1. The van der Waals surface area contributed by atoms with Crippen molar-refractivity contribution in [2.24, 2.45) is 5.41 Å². The number of hydrogen-bond acceptors (Lipinski definition) is 2. The lowest BCUT2D eigenvalue weighted by molar-refractivity contribution is 0.400. The van der Waals surface area contributed by atoms with E-state index in [4.69, 9.17) is 0 Å². The Morgan fingerprint density at radius 2 is 1.88 bits per heavy atom. The normalized spacial score (nSPS) is 11.7. The second kappa shape index (κ2) is 4.20. The van der Waals surface area contributed by atoms with Gasteiger partial charge in [-0.2, -0.15) is 9.78 Å². The van der Waals surface area contributed by atoms with Crippen molar-refractivity contribution in [3.63, 3.8) is 0 Å². The van der Waals surface area contributed by atoms with Crippen LogP contribution in [0.3, 0.4) is 0 Å². The second-order valence-electron chi connectivity index (χ2n) is 5.36. The summed E-state index contributed by atoms with van der Waals surface area (Å²) in [4.78, 5) is 14.6. The number of rotatable bonds is 2. The Labute approximate surface area is 100 Å². The molecule has 0 aliphatic carbocycles. The van der Waals surface area contributed by atoms with Crippen molar-refractivity contribution in [2.45, 2.75) is 27.2 Å². The smallest absolute Gasteiger partial charge is 0.292 e. The van der Waals surface area contributed by atoms with Crippen LogP contribution in [0.15, 0.2) is 35.1 Å². The fourth-order valence-electron chi connectivity index (χ4n) is 1.69. The standard InChI is InChI=1S/C13H17N3O/c1-13(2,3)9-11-14-12(17)16(15-11)10-7-5-4-6-8-10/h4-8H,9H2,1-3H3,(H,14,15,17). The van der Waals surface area contributed by atoms with Crippen LogP contribution < -0.4 is 5.69 Å². The Kier molecular flexibility index (Phi) is 2.88. The minimum absolute atomic E-state index is 0.110. The summed E-state index contributed by atoms with van der Waals surface area (Å²) in [5, 5.41) is 4.31. The average Bonchev–Trinajstić information content (AvgIpc) is 2.58. The van der Waals surface area contributed by atoms with Gasteiger partial charge in [-0.25, -0.2) is 4.79 Å². The lowest BCUT2D eigenvalue weighted by Gasteiger charge is -2.15. The van der Waals surface area contributed by atoms with E-state index in [-0.39, 0.29) is 11.1 Å². The highest BCUT2D eigenvalue weighted by atomic mass is 16.1. The number of aromatic nitrogens is 3. The van der Waals surface area contributed by atoms with Gasteiger partial charge < -0.3 is 0 Å². The summed E-state index contributed by atoms with van der Waals surface area (Å²) >= 11 is 0. The van der Waals surface area contributed by atoms with Gasteiger partial charge in [0.25, 0.3) is 0 Å². The molecule has 0 radical (unpaired) electrons. The van der Waals surface area contributed by atoms with Crippen LogP contribution in [0.4, 0.5) is 0 Å². The maximum Gasteiger partial charge on any atom is 0.348 e. The molecule has 90 valence electrons. The highest BCUT2D eigenvalue weighted by Crippen LogP contribution is 2.17. The van der Waals surface area contributed by atoms with Crippen LogP contribution in [-0.4, -0.2) is 14.8 Å². The highest BCUT2D eigenvalue weighted by molar-refractivity contribution is 5.29. The Morgan fingerprint density at radius 3 is 2.47 bits per heavy atom. The van der Waals surface area contributed by atoms with Crippen molar-refractivity contribution >= 4 is 0 Å². The van der Waals surface area contributed by atoms with E-state index in [1.165, 1.54) is 4.68 Å². The zero-order chi connectivity index (χ0) is 12.5. The first-order valence-electron chi connectivity index (χ1n) is 5.69. The summed E-state index contributed by atoms with van der Waals surface area (Å²) in [6.45, 7) is 6.35. The fraction of sp³-hybridized carbons (Fsp3) is 0.385. The van der Waals surface area contributed by atoms with Gasteiger partial charge in [-0.3, -0.25) is 4.98 Å². The van der Waals surface area contributed by atoms with E-state index in [1.54, 1.807) is 0 Å². The van der Waals surface area contributed by atoms with E-state index < -0.39 is 0 Å². The van der Waals surface area contributed by atoms with Gasteiger partial charge in [-0.15, -0.1) is 0 Å². The van der Waals surface area contributed by atoms with Gasteiger partial charge in [0.2, 0.25) is 0 Å². The van der Waals surface area contributed by atoms with Gasteiger partial charge in [0.15, 0.2) is 0 Å². The van der Waals surface area contributed by atoms with Gasteiger partial charge in [0.1, 0.15) is 5.82 Å². The zero-order valence-corrected chi connectivity index (χ0v) is 10.4. The first kappa shape index (κ1) is 11.6. The molecule has 0 amide bonds. The third-order valence-electron chi connectivity index (χ3n) is 2.36. The number of para-hydroxylation sites is 1. The SMILES string of the molecule is CC(C)(C)Cc1nn(-c2ccccc2)c(=O)[nH]1. The molecule has 0 fully saturated rings. The molecule has 4 nitrogen and oxygen atoms in total. The Hall–Kier alpha value is -1.84. The summed E-state index contributed by atoms with van der Waals surface area (Å²) in [5.74, 6) is 0.728. The average molecular weight is 231 g/mol. The molecule has 0 aliphatic heterocycles. The Morgan fingerprint density at radius 1 is 1.24 bits per heavy atom. The molecule has 0 aliphatic rings.